The molecule has 1 saturated heterocycles. The second-order valence-electron chi connectivity index (χ2n) is 6.53. The Morgan fingerprint density at radius 2 is 1.90 bits per heavy atom. The van der Waals surface area contributed by atoms with Crippen molar-refractivity contribution in [3.8, 4) is 0 Å². The number of benzene rings is 1. The van der Waals surface area contributed by atoms with Gasteiger partial charge in [0, 0.05) is 49.7 Å². The SMILES string of the molecule is CC1CN(C(=O)CC2CNc3ccccc32)CC(C)N1C. The predicted octanol–water partition coefficient (Wildman–Crippen LogP) is 2.14. The van der Waals surface area contributed by atoms with E-state index in [1.54, 1.807) is 0 Å². The smallest absolute Gasteiger partial charge is 0.223 e. The van der Waals surface area contributed by atoms with E-state index in [0.717, 1.165) is 19.6 Å². The van der Waals surface area contributed by atoms with Gasteiger partial charge in [0.05, 0.1) is 0 Å². The summed E-state index contributed by atoms with van der Waals surface area (Å²) in [5.74, 6) is 0.615. The zero-order valence-electron chi connectivity index (χ0n) is 13.2. The minimum absolute atomic E-state index is 0.297. The van der Waals surface area contributed by atoms with Crippen molar-refractivity contribution < 1.29 is 4.79 Å². The van der Waals surface area contributed by atoms with Gasteiger partial charge in [-0.25, -0.2) is 0 Å². The van der Waals surface area contributed by atoms with Crippen LogP contribution in [0.5, 0.6) is 0 Å². The molecule has 1 fully saturated rings. The highest BCUT2D eigenvalue weighted by molar-refractivity contribution is 5.78. The minimum Gasteiger partial charge on any atom is -0.384 e. The molecule has 2 aliphatic heterocycles. The van der Waals surface area contributed by atoms with Crippen LogP contribution in [0.4, 0.5) is 5.69 Å². The normalized spacial score (nSPS) is 29.1. The van der Waals surface area contributed by atoms with Crippen LogP contribution in [-0.2, 0) is 4.79 Å². The molecular weight excluding hydrogens is 262 g/mol. The van der Waals surface area contributed by atoms with Crippen molar-refractivity contribution in [3.63, 3.8) is 0 Å². The lowest BCUT2D eigenvalue weighted by Crippen LogP contribution is -2.56. The quantitative estimate of drug-likeness (QED) is 0.905. The number of nitrogens with one attached hydrogen (secondary N) is 1. The lowest BCUT2D eigenvalue weighted by molar-refractivity contribution is -0.135. The Kier molecular flexibility index (Phi) is 3.89. The van der Waals surface area contributed by atoms with E-state index in [9.17, 15) is 4.79 Å². The number of hydrogen-bond acceptors (Lipinski definition) is 3. The molecule has 0 spiro atoms. The summed E-state index contributed by atoms with van der Waals surface area (Å²) in [4.78, 5) is 17.1. The molecule has 0 radical (unpaired) electrons. The summed E-state index contributed by atoms with van der Waals surface area (Å²) in [6, 6.07) is 9.21. The number of hydrogen-bond donors (Lipinski definition) is 1. The van der Waals surface area contributed by atoms with E-state index >= 15 is 0 Å². The van der Waals surface area contributed by atoms with Crippen LogP contribution in [0.1, 0.15) is 31.7 Å². The van der Waals surface area contributed by atoms with Gasteiger partial charge in [-0.15, -0.1) is 0 Å². The molecule has 1 amide bonds. The summed E-state index contributed by atoms with van der Waals surface area (Å²) in [6.07, 6.45) is 0.618. The lowest BCUT2D eigenvalue weighted by Gasteiger charge is -2.42. The fourth-order valence-electron chi connectivity index (χ4n) is 3.49. The molecule has 1 aromatic rings. The molecule has 4 heteroatoms. The van der Waals surface area contributed by atoms with Gasteiger partial charge < -0.3 is 10.2 Å². The Morgan fingerprint density at radius 3 is 2.62 bits per heavy atom. The van der Waals surface area contributed by atoms with E-state index in [1.165, 1.54) is 11.3 Å². The summed E-state index contributed by atoms with van der Waals surface area (Å²) >= 11 is 0. The zero-order valence-corrected chi connectivity index (χ0v) is 13.2. The number of carbonyl (C=O) groups is 1. The van der Waals surface area contributed by atoms with Crippen LogP contribution < -0.4 is 5.32 Å². The molecule has 114 valence electrons. The largest absolute Gasteiger partial charge is 0.384 e. The van der Waals surface area contributed by atoms with Crippen molar-refractivity contribution in [1.29, 1.82) is 0 Å². The van der Waals surface area contributed by atoms with Crippen molar-refractivity contribution >= 4 is 11.6 Å². The standard InChI is InChI=1S/C17H25N3O/c1-12-10-20(11-13(2)19(12)3)17(21)8-14-9-18-16-7-5-4-6-15(14)16/h4-7,12-14,18H,8-11H2,1-3H3. The maximum absolute atomic E-state index is 12.6. The number of rotatable bonds is 2. The van der Waals surface area contributed by atoms with Gasteiger partial charge in [-0.1, -0.05) is 18.2 Å². The Bertz CT molecular complexity index is 519. The van der Waals surface area contributed by atoms with E-state index in [2.05, 4.69) is 54.2 Å². The molecule has 4 nitrogen and oxygen atoms in total. The van der Waals surface area contributed by atoms with Crippen molar-refractivity contribution in [3.05, 3.63) is 29.8 Å². The van der Waals surface area contributed by atoms with Gasteiger partial charge in [0.15, 0.2) is 0 Å². The summed E-state index contributed by atoms with van der Waals surface area (Å²) in [5.41, 5.74) is 2.48. The van der Waals surface area contributed by atoms with Gasteiger partial charge >= 0.3 is 0 Å². The maximum Gasteiger partial charge on any atom is 0.223 e. The van der Waals surface area contributed by atoms with Gasteiger partial charge in [0.1, 0.15) is 0 Å². The number of para-hydroxylation sites is 1. The first-order valence-electron chi connectivity index (χ1n) is 7.88. The van der Waals surface area contributed by atoms with Crippen molar-refractivity contribution in [2.45, 2.75) is 38.3 Å². The molecule has 3 atom stereocenters. The second kappa shape index (κ2) is 5.68. The third kappa shape index (κ3) is 2.77. The highest BCUT2D eigenvalue weighted by Crippen LogP contribution is 2.33. The van der Waals surface area contributed by atoms with Crippen molar-refractivity contribution in [2.24, 2.45) is 0 Å². The number of piperazine rings is 1. The highest BCUT2D eigenvalue weighted by atomic mass is 16.2. The maximum atomic E-state index is 12.6. The van der Waals surface area contributed by atoms with Crippen LogP contribution in [0, 0.1) is 0 Å². The molecule has 2 heterocycles. The topological polar surface area (TPSA) is 35.6 Å². The fourth-order valence-corrected chi connectivity index (χ4v) is 3.49. The van der Waals surface area contributed by atoms with Gasteiger partial charge in [-0.2, -0.15) is 0 Å². The van der Waals surface area contributed by atoms with Crippen LogP contribution >= 0.6 is 0 Å². The molecular formula is C17H25N3O. The molecule has 0 aliphatic carbocycles. The summed E-state index contributed by atoms with van der Waals surface area (Å²) in [5, 5.41) is 3.40. The molecule has 1 aromatic carbocycles. The monoisotopic (exact) mass is 287 g/mol. The third-order valence-corrected chi connectivity index (χ3v) is 5.07. The first-order valence-corrected chi connectivity index (χ1v) is 7.88. The minimum atomic E-state index is 0.297. The molecule has 0 saturated carbocycles. The van der Waals surface area contributed by atoms with Crippen LogP contribution in [0.15, 0.2) is 24.3 Å². The van der Waals surface area contributed by atoms with Crippen LogP contribution in [0.2, 0.25) is 0 Å². The van der Waals surface area contributed by atoms with Gasteiger partial charge in [-0.3, -0.25) is 9.69 Å². The number of anilines is 1. The summed E-state index contributed by atoms with van der Waals surface area (Å²) < 4.78 is 0. The number of nitrogens with zero attached hydrogens (tertiary/aromatic N) is 2. The third-order valence-electron chi connectivity index (χ3n) is 5.07. The van der Waals surface area contributed by atoms with Gasteiger partial charge in [-0.05, 0) is 32.5 Å². The van der Waals surface area contributed by atoms with Crippen molar-refractivity contribution in [1.82, 2.24) is 9.80 Å². The molecule has 3 unspecified atom stereocenters. The predicted molar refractivity (Wildman–Crippen MR) is 85.6 cm³/mol. The Hall–Kier alpha value is -1.55. The molecule has 0 bridgehead atoms. The number of carbonyl (C=O) groups excluding carboxylic acids is 1. The van der Waals surface area contributed by atoms with E-state index in [-0.39, 0.29) is 0 Å². The average Bonchev–Trinajstić information content (AvgIpc) is 2.87. The highest BCUT2D eigenvalue weighted by Gasteiger charge is 2.31. The molecule has 1 N–H and O–H groups in total. The number of fused-ring (bicyclic) bond motifs is 1. The van der Waals surface area contributed by atoms with E-state index in [0.29, 0.717) is 30.3 Å². The van der Waals surface area contributed by atoms with Gasteiger partial charge in [0.2, 0.25) is 5.91 Å². The van der Waals surface area contributed by atoms with E-state index < -0.39 is 0 Å². The molecule has 21 heavy (non-hydrogen) atoms. The second-order valence-corrected chi connectivity index (χ2v) is 6.53. The first-order chi connectivity index (χ1) is 10.1. The van der Waals surface area contributed by atoms with Crippen LogP contribution in [0.3, 0.4) is 0 Å². The van der Waals surface area contributed by atoms with Crippen LogP contribution in [0.25, 0.3) is 0 Å². The van der Waals surface area contributed by atoms with Crippen molar-refractivity contribution in [2.75, 3.05) is 32.0 Å². The fraction of sp³-hybridized carbons (Fsp3) is 0.588. The number of likely N-dealkylation sites (N-methyl/N-ethyl adjacent to an activating group) is 1. The Labute approximate surface area is 127 Å². The number of amides is 1. The Morgan fingerprint density at radius 1 is 1.24 bits per heavy atom. The van der Waals surface area contributed by atoms with Crippen LogP contribution in [-0.4, -0.2) is 54.5 Å². The summed E-state index contributed by atoms with van der Waals surface area (Å²) in [6.45, 7) is 6.97. The van der Waals surface area contributed by atoms with Gasteiger partial charge in [0.25, 0.3) is 0 Å². The zero-order chi connectivity index (χ0) is 15.0. The Balaban J connectivity index is 1.65. The summed E-state index contributed by atoms with van der Waals surface area (Å²) in [7, 11) is 2.15. The molecule has 3 rings (SSSR count). The molecule has 2 aliphatic rings. The lowest BCUT2D eigenvalue weighted by atomic mass is 9.96. The molecule has 0 aromatic heterocycles. The first kappa shape index (κ1) is 14.4. The van der Waals surface area contributed by atoms with E-state index in [1.807, 2.05) is 6.07 Å². The van der Waals surface area contributed by atoms with E-state index in [4.69, 9.17) is 0 Å². The average molecular weight is 287 g/mol.